The minimum absolute atomic E-state index is 0.0785. The van der Waals surface area contributed by atoms with Crippen molar-refractivity contribution in [3.8, 4) is 5.75 Å². The molecule has 0 radical (unpaired) electrons. The summed E-state index contributed by atoms with van der Waals surface area (Å²) in [6.45, 7) is 2.16. The van der Waals surface area contributed by atoms with Crippen molar-refractivity contribution < 1.29 is 10.2 Å². The normalized spacial score (nSPS) is 12.9. The lowest BCUT2D eigenvalue weighted by Gasteiger charge is -2.22. The van der Waals surface area contributed by atoms with Gasteiger partial charge in [0, 0.05) is 29.6 Å². The highest BCUT2D eigenvalue weighted by atomic mass is 16.3. The number of hydrogen-bond donors (Lipinski definition) is 2. The molecule has 128 valence electrons. The van der Waals surface area contributed by atoms with E-state index >= 15 is 0 Å². The maximum absolute atomic E-state index is 10.1. The van der Waals surface area contributed by atoms with Crippen molar-refractivity contribution in [2.24, 2.45) is 4.99 Å². The number of aromatic hydroxyl groups is 1. The van der Waals surface area contributed by atoms with E-state index in [-0.39, 0.29) is 18.4 Å². The predicted octanol–water partition coefficient (Wildman–Crippen LogP) is 2.18. The third-order valence-corrected chi connectivity index (χ3v) is 4.11. The van der Waals surface area contributed by atoms with Gasteiger partial charge in [0.15, 0.2) is 0 Å². The molecule has 0 aliphatic rings. The van der Waals surface area contributed by atoms with Crippen molar-refractivity contribution in [3.05, 3.63) is 58.9 Å². The molecule has 5 nitrogen and oxygen atoms in total. The van der Waals surface area contributed by atoms with Crippen molar-refractivity contribution in [1.82, 2.24) is 9.88 Å². The first-order valence-electron chi connectivity index (χ1n) is 8.01. The number of rotatable bonds is 7. The highest BCUT2D eigenvalue weighted by Crippen LogP contribution is 2.22. The number of likely N-dealkylation sites (N-methyl/N-ethyl adjacent to an activating group) is 1. The number of aryl methyl sites for hydroxylation is 1. The van der Waals surface area contributed by atoms with Crippen LogP contribution < -0.4 is 0 Å². The molecule has 1 aromatic heterocycles. The minimum Gasteiger partial charge on any atom is -0.505 e. The summed E-state index contributed by atoms with van der Waals surface area (Å²) in [5, 5.41) is 19.5. The van der Waals surface area contributed by atoms with Gasteiger partial charge < -0.3 is 15.1 Å². The molecule has 0 saturated carbocycles. The number of aliphatic hydroxyl groups is 1. The lowest BCUT2D eigenvalue weighted by atomic mass is 10.1. The number of aromatic nitrogens is 1. The first-order chi connectivity index (χ1) is 11.5. The number of pyridine rings is 1. The van der Waals surface area contributed by atoms with Gasteiger partial charge in [0.2, 0.25) is 0 Å². The topological polar surface area (TPSA) is 69.0 Å². The Hall–Kier alpha value is -2.24. The summed E-state index contributed by atoms with van der Waals surface area (Å²) >= 11 is 0. The Labute approximate surface area is 143 Å². The quantitative estimate of drug-likeness (QED) is 0.765. The summed E-state index contributed by atoms with van der Waals surface area (Å²) in [7, 11) is 4.08. The third-order valence-electron chi connectivity index (χ3n) is 4.11. The minimum atomic E-state index is -0.177. The molecular weight excluding hydrogens is 302 g/mol. The summed E-state index contributed by atoms with van der Waals surface area (Å²) in [5.41, 5.74) is 2.92. The SMILES string of the molecule is Cc1ncc(CO)c(C=NC[C@H](Cc2ccccc2)N(C)C)c1O. The van der Waals surface area contributed by atoms with E-state index in [1.165, 1.54) is 5.56 Å². The Morgan fingerprint density at radius 3 is 2.58 bits per heavy atom. The molecular formula is C19H25N3O2. The fraction of sp³-hybridized carbons (Fsp3) is 0.368. The molecule has 0 fully saturated rings. The Morgan fingerprint density at radius 2 is 1.96 bits per heavy atom. The van der Waals surface area contributed by atoms with E-state index in [4.69, 9.17) is 0 Å². The maximum atomic E-state index is 10.1. The third kappa shape index (κ3) is 4.63. The molecule has 24 heavy (non-hydrogen) atoms. The first-order valence-corrected chi connectivity index (χ1v) is 8.01. The van der Waals surface area contributed by atoms with E-state index in [9.17, 15) is 10.2 Å². The summed E-state index contributed by atoms with van der Waals surface area (Å²) in [6.07, 6.45) is 4.11. The van der Waals surface area contributed by atoms with Gasteiger partial charge in [0.1, 0.15) is 5.75 Å². The van der Waals surface area contributed by atoms with Gasteiger partial charge in [-0.05, 0) is 33.0 Å². The second-order valence-electron chi connectivity index (χ2n) is 6.09. The molecule has 0 saturated heterocycles. The van der Waals surface area contributed by atoms with E-state index in [1.54, 1.807) is 19.3 Å². The maximum Gasteiger partial charge on any atom is 0.145 e. The van der Waals surface area contributed by atoms with Crippen molar-refractivity contribution in [2.45, 2.75) is 26.0 Å². The van der Waals surface area contributed by atoms with Crippen LogP contribution in [0.5, 0.6) is 5.75 Å². The number of nitrogens with zero attached hydrogens (tertiary/aromatic N) is 3. The average Bonchev–Trinajstić information content (AvgIpc) is 2.58. The van der Waals surface area contributed by atoms with Crippen LogP contribution in [0, 0.1) is 6.92 Å². The lowest BCUT2D eigenvalue weighted by molar-refractivity contribution is 0.280. The lowest BCUT2D eigenvalue weighted by Crippen LogP contribution is -2.32. The monoisotopic (exact) mass is 327 g/mol. The highest BCUT2D eigenvalue weighted by molar-refractivity contribution is 5.85. The van der Waals surface area contributed by atoms with Crippen LogP contribution in [-0.4, -0.2) is 53.0 Å². The zero-order valence-electron chi connectivity index (χ0n) is 14.5. The van der Waals surface area contributed by atoms with Gasteiger partial charge >= 0.3 is 0 Å². The average molecular weight is 327 g/mol. The highest BCUT2D eigenvalue weighted by Gasteiger charge is 2.13. The van der Waals surface area contributed by atoms with Crippen LogP contribution in [-0.2, 0) is 13.0 Å². The van der Waals surface area contributed by atoms with Gasteiger partial charge in [-0.15, -0.1) is 0 Å². The van der Waals surface area contributed by atoms with Crippen LogP contribution in [0.25, 0.3) is 0 Å². The Kier molecular flexibility index (Phi) is 6.46. The zero-order chi connectivity index (χ0) is 17.5. The van der Waals surface area contributed by atoms with Gasteiger partial charge in [0.05, 0.1) is 18.8 Å². The molecule has 0 unspecified atom stereocenters. The molecule has 5 heteroatoms. The summed E-state index contributed by atoms with van der Waals surface area (Å²) in [4.78, 5) is 10.7. The van der Waals surface area contributed by atoms with Crippen LogP contribution in [0.2, 0.25) is 0 Å². The number of benzene rings is 1. The van der Waals surface area contributed by atoms with Gasteiger partial charge in [-0.2, -0.15) is 0 Å². The molecule has 0 bridgehead atoms. The zero-order valence-corrected chi connectivity index (χ0v) is 14.5. The van der Waals surface area contributed by atoms with Crippen molar-refractivity contribution in [3.63, 3.8) is 0 Å². The second-order valence-corrected chi connectivity index (χ2v) is 6.09. The summed E-state index contributed by atoms with van der Waals surface area (Å²) in [5.74, 6) is 0.0785. The molecule has 0 aliphatic heterocycles. The largest absolute Gasteiger partial charge is 0.505 e. The Bertz CT molecular complexity index is 685. The van der Waals surface area contributed by atoms with Crippen molar-refractivity contribution in [2.75, 3.05) is 20.6 Å². The van der Waals surface area contributed by atoms with Crippen LogP contribution in [0.1, 0.15) is 22.4 Å². The van der Waals surface area contributed by atoms with E-state index < -0.39 is 0 Å². The van der Waals surface area contributed by atoms with E-state index in [2.05, 4.69) is 27.0 Å². The fourth-order valence-corrected chi connectivity index (χ4v) is 2.48. The second kappa shape index (κ2) is 8.57. The van der Waals surface area contributed by atoms with Gasteiger partial charge in [-0.1, -0.05) is 30.3 Å². The molecule has 0 spiro atoms. The number of aliphatic hydroxyl groups excluding tert-OH is 1. The van der Waals surface area contributed by atoms with E-state index in [0.717, 1.165) is 6.42 Å². The molecule has 2 N–H and O–H groups in total. The molecule has 2 rings (SSSR count). The van der Waals surface area contributed by atoms with Crippen LogP contribution in [0.3, 0.4) is 0 Å². The summed E-state index contributed by atoms with van der Waals surface area (Å²) < 4.78 is 0. The van der Waals surface area contributed by atoms with E-state index in [0.29, 0.717) is 23.4 Å². The Balaban J connectivity index is 2.12. The van der Waals surface area contributed by atoms with Gasteiger partial charge in [-0.3, -0.25) is 9.98 Å². The van der Waals surface area contributed by atoms with Crippen LogP contribution in [0.15, 0.2) is 41.5 Å². The molecule has 2 aromatic rings. The molecule has 0 aliphatic carbocycles. The molecule has 1 heterocycles. The van der Waals surface area contributed by atoms with Crippen molar-refractivity contribution in [1.29, 1.82) is 0 Å². The van der Waals surface area contributed by atoms with Gasteiger partial charge in [-0.25, -0.2) is 0 Å². The van der Waals surface area contributed by atoms with Crippen LogP contribution in [0.4, 0.5) is 0 Å². The smallest absolute Gasteiger partial charge is 0.145 e. The fourth-order valence-electron chi connectivity index (χ4n) is 2.48. The van der Waals surface area contributed by atoms with Crippen LogP contribution >= 0.6 is 0 Å². The molecule has 1 atom stereocenters. The number of hydrogen-bond acceptors (Lipinski definition) is 5. The first kappa shape index (κ1) is 18.1. The van der Waals surface area contributed by atoms with Gasteiger partial charge in [0.25, 0.3) is 0 Å². The molecule has 1 aromatic carbocycles. The van der Waals surface area contributed by atoms with E-state index in [1.807, 2.05) is 32.3 Å². The molecule has 0 amide bonds. The summed E-state index contributed by atoms with van der Waals surface area (Å²) in [6, 6.07) is 10.6. The predicted molar refractivity (Wildman–Crippen MR) is 96.6 cm³/mol. The standard InChI is InChI=1S/C19H25N3O2/c1-14-19(24)18(16(13-23)10-21-14)12-20-11-17(22(2)3)9-15-7-5-4-6-8-15/h4-8,10,12,17,23-24H,9,11,13H2,1-3H3/t17-/m0/s1. The Morgan fingerprint density at radius 1 is 1.25 bits per heavy atom. The number of aliphatic imine (C=N–C) groups is 1. The van der Waals surface area contributed by atoms with Crippen molar-refractivity contribution >= 4 is 6.21 Å².